The van der Waals surface area contributed by atoms with Crippen molar-refractivity contribution in [3.8, 4) is 11.5 Å². The summed E-state index contributed by atoms with van der Waals surface area (Å²) >= 11 is 0. The summed E-state index contributed by atoms with van der Waals surface area (Å²) in [6.07, 6.45) is 1.71. The van der Waals surface area contributed by atoms with Crippen molar-refractivity contribution in [2.45, 2.75) is 32.2 Å². The number of halogens is 1. The fourth-order valence-corrected chi connectivity index (χ4v) is 2.37. The van der Waals surface area contributed by atoms with Crippen molar-refractivity contribution in [1.29, 1.82) is 0 Å². The Morgan fingerprint density at radius 3 is 2.00 bits per heavy atom. The van der Waals surface area contributed by atoms with Crippen LogP contribution < -0.4 is 15.2 Å². The van der Waals surface area contributed by atoms with E-state index in [4.69, 9.17) is 15.2 Å². The first-order valence-corrected chi connectivity index (χ1v) is 5.66. The van der Waals surface area contributed by atoms with Crippen molar-refractivity contribution in [1.82, 2.24) is 0 Å². The zero-order chi connectivity index (χ0) is 12.8. The predicted octanol–water partition coefficient (Wildman–Crippen LogP) is 2.41. The number of benzene rings is 1. The summed E-state index contributed by atoms with van der Waals surface area (Å²) in [5.74, 6) is 0.764. The molecule has 17 heavy (non-hydrogen) atoms. The Morgan fingerprint density at radius 2 is 1.59 bits per heavy atom. The lowest BCUT2D eigenvalue weighted by Gasteiger charge is -2.22. The van der Waals surface area contributed by atoms with E-state index >= 15 is 0 Å². The number of methoxy groups -OCH3 is 2. The third kappa shape index (κ3) is 1.67. The molecule has 0 heterocycles. The third-order valence-electron chi connectivity index (χ3n) is 3.50. The molecule has 1 aliphatic carbocycles. The summed E-state index contributed by atoms with van der Waals surface area (Å²) in [4.78, 5) is 0. The van der Waals surface area contributed by atoms with Crippen molar-refractivity contribution >= 4 is 0 Å². The summed E-state index contributed by atoms with van der Waals surface area (Å²) in [7, 11) is 3.07. The SMILES string of the molecule is COc1c(C)c(F)c(C)c(C2(N)CC2)c1OC. The molecule has 4 heteroatoms. The van der Waals surface area contributed by atoms with E-state index in [-0.39, 0.29) is 5.82 Å². The molecule has 1 aromatic carbocycles. The van der Waals surface area contributed by atoms with Crippen molar-refractivity contribution in [3.63, 3.8) is 0 Å². The van der Waals surface area contributed by atoms with Gasteiger partial charge in [-0.2, -0.15) is 0 Å². The molecular formula is C13H18FNO2. The Balaban J connectivity index is 2.76. The van der Waals surface area contributed by atoms with Gasteiger partial charge in [0.25, 0.3) is 0 Å². The van der Waals surface area contributed by atoms with Crippen LogP contribution in [-0.2, 0) is 5.54 Å². The first kappa shape index (κ1) is 12.2. The fraction of sp³-hybridized carbons (Fsp3) is 0.538. The monoisotopic (exact) mass is 239 g/mol. The standard InChI is InChI=1S/C13H18FNO2/c1-7-9(13(15)5-6-13)12(17-4)11(16-3)8(2)10(7)14/h5-6,15H2,1-4H3. The quantitative estimate of drug-likeness (QED) is 0.881. The fourth-order valence-electron chi connectivity index (χ4n) is 2.37. The number of hydrogen-bond acceptors (Lipinski definition) is 3. The van der Waals surface area contributed by atoms with E-state index < -0.39 is 5.54 Å². The van der Waals surface area contributed by atoms with Crippen LogP contribution in [-0.4, -0.2) is 14.2 Å². The highest BCUT2D eigenvalue weighted by Gasteiger charge is 2.45. The van der Waals surface area contributed by atoms with Gasteiger partial charge in [-0.15, -0.1) is 0 Å². The van der Waals surface area contributed by atoms with Gasteiger partial charge in [0.15, 0.2) is 11.5 Å². The molecule has 2 N–H and O–H groups in total. The molecule has 1 aliphatic rings. The first-order chi connectivity index (χ1) is 7.96. The minimum Gasteiger partial charge on any atom is -0.492 e. The van der Waals surface area contributed by atoms with Gasteiger partial charge in [-0.05, 0) is 32.3 Å². The van der Waals surface area contributed by atoms with Gasteiger partial charge in [-0.3, -0.25) is 0 Å². The molecule has 0 saturated heterocycles. The van der Waals surface area contributed by atoms with Gasteiger partial charge < -0.3 is 15.2 Å². The van der Waals surface area contributed by atoms with Gasteiger partial charge >= 0.3 is 0 Å². The molecular weight excluding hydrogens is 221 g/mol. The molecule has 0 atom stereocenters. The van der Waals surface area contributed by atoms with Gasteiger partial charge in [-0.25, -0.2) is 4.39 Å². The van der Waals surface area contributed by atoms with Crippen LogP contribution in [0.15, 0.2) is 0 Å². The highest BCUT2D eigenvalue weighted by Crippen LogP contribution is 2.52. The minimum atomic E-state index is -0.447. The average molecular weight is 239 g/mol. The molecule has 1 fully saturated rings. The molecule has 0 spiro atoms. The van der Waals surface area contributed by atoms with Crippen LogP contribution in [0, 0.1) is 19.7 Å². The van der Waals surface area contributed by atoms with Crippen LogP contribution in [0.25, 0.3) is 0 Å². The van der Waals surface area contributed by atoms with Crippen molar-refractivity contribution in [2.24, 2.45) is 5.73 Å². The lowest BCUT2D eigenvalue weighted by atomic mass is 9.95. The molecule has 0 radical (unpaired) electrons. The predicted molar refractivity (Wildman–Crippen MR) is 64.1 cm³/mol. The highest BCUT2D eigenvalue weighted by molar-refractivity contribution is 5.59. The summed E-state index contributed by atoms with van der Waals surface area (Å²) < 4.78 is 24.7. The van der Waals surface area contributed by atoms with E-state index in [1.165, 1.54) is 7.11 Å². The number of hydrogen-bond donors (Lipinski definition) is 1. The van der Waals surface area contributed by atoms with Crippen LogP contribution in [0.2, 0.25) is 0 Å². The molecule has 1 aromatic rings. The van der Waals surface area contributed by atoms with Crippen LogP contribution in [0.1, 0.15) is 29.5 Å². The topological polar surface area (TPSA) is 44.5 Å². The summed E-state index contributed by atoms with van der Waals surface area (Å²) in [5.41, 5.74) is 7.53. The summed E-state index contributed by atoms with van der Waals surface area (Å²) in [5, 5.41) is 0. The number of nitrogens with two attached hydrogens (primary N) is 1. The highest BCUT2D eigenvalue weighted by atomic mass is 19.1. The average Bonchev–Trinajstić information content (AvgIpc) is 3.04. The van der Waals surface area contributed by atoms with Gasteiger partial charge in [0.2, 0.25) is 0 Å². The second-order valence-electron chi connectivity index (χ2n) is 4.66. The minimum absolute atomic E-state index is 0.255. The van der Waals surface area contributed by atoms with E-state index in [0.717, 1.165) is 18.4 Å². The largest absolute Gasteiger partial charge is 0.492 e. The normalized spacial score (nSPS) is 16.8. The van der Waals surface area contributed by atoms with Gasteiger partial charge in [0.05, 0.1) is 14.2 Å². The van der Waals surface area contributed by atoms with E-state index in [1.807, 2.05) is 0 Å². The number of rotatable bonds is 3. The molecule has 3 nitrogen and oxygen atoms in total. The molecule has 1 saturated carbocycles. The summed E-state index contributed by atoms with van der Waals surface area (Å²) in [6.45, 7) is 3.43. The first-order valence-electron chi connectivity index (χ1n) is 5.66. The lowest BCUT2D eigenvalue weighted by molar-refractivity contribution is 0.342. The number of ether oxygens (including phenoxy) is 2. The molecule has 94 valence electrons. The summed E-state index contributed by atoms with van der Waals surface area (Å²) in [6, 6.07) is 0. The Hall–Kier alpha value is -1.29. The molecule has 0 amide bonds. The van der Waals surface area contributed by atoms with E-state index in [9.17, 15) is 4.39 Å². The van der Waals surface area contributed by atoms with Crippen molar-refractivity contribution < 1.29 is 13.9 Å². The van der Waals surface area contributed by atoms with Crippen molar-refractivity contribution in [3.05, 3.63) is 22.5 Å². The molecule has 2 rings (SSSR count). The zero-order valence-electron chi connectivity index (χ0n) is 10.7. The van der Waals surface area contributed by atoms with Crippen LogP contribution in [0.3, 0.4) is 0 Å². The third-order valence-corrected chi connectivity index (χ3v) is 3.50. The van der Waals surface area contributed by atoms with E-state index in [2.05, 4.69) is 0 Å². The van der Waals surface area contributed by atoms with Crippen LogP contribution >= 0.6 is 0 Å². The van der Waals surface area contributed by atoms with Crippen LogP contribution in [0.4, 0.5) is 4.39 Å². The van der Waals surface area contributed by atoms with E-state index in [1.54, 1.807) is 21.0 Å². The second-order valence-corrected chi connectivity index (χ2v) is 4.66. The Bertz CT molecular complexity index is 467. The second kappa shape index (κ2) is 3.88. The maximum absolute atomic E-state index is 14.1. The maximum atomic E-state index is 14.1. The van der Waals surface area contributed by atoms with Crippen LogP contribution in [0.5, 0.6) is 11.5 Å². The van der Waals surface area contributed by atoms with Crippen molar-refractivity contribution in [2.75, 3.05) is 14.2 Å². The molecule has 0 unspecified atom stereocenters. The zero-order valence-corrected chi connectivity index (χ0v) is 10.7. The van der Waals surface area contributed by atoms with Gasteiger partial charge in [-0.1, -0.05) is 0 Å². The molecule has 0 aliphatic heterocycles. The van der Waals surface area contributed by atoms with Gasteiger partial charge in [0.1, 0.15) is 5.82 Å². The van der Waals surface area contributed by atoms with Gasteiger partial charge in [0, 0.05) is 16.7 Å². The Morgan fingerprint density at radius 1 is 1.06 bits per heavy atom. The molecule has 0 bridgehead atoms. The maximum Gasteiger partial charge on any atom is 0.166 e. The Kier molecular flexibility index (Phi) is 2.78. The lowest BCUT2D eigenvalue weighted by Crippen LogP contribution is -2.22. The van der Waals surface area contributed by atoms with E-state index in [0.29, 0.717) is 22.6 Å². The molecule has 0 aromatic heterocycles. The Labute approximate surface area is 101 Å². The smallest absolute Gasteiger partial charge is 0.166 e.